The number of likely N-dealkylation sites (tertiary alicyclic amines) is 1. The van der Waals surface area contributed by atoms with Crippen LogP contribution < -0.4 is 31.9 Å². The van der Waals surface area contributed by atoms with Crippen LogP contribution in [0.4, 0.5) is 15.8 Å². The fraction of sp³-hybridized carbons (Fsp3) is 0.468. The topological polar surface area (TPSA) is 239 Å². The Labute approximate surface area is 502 Å². The van der Waals surface area contributed by atoms with Gasteiger partial charge in [-0.15, -0.1) is 11.3 Å². The van der Waals surface area contributed by atoms with Gasteiger partial charge in [-0.1, -0.05) is 106 Å². The van der Waals surface area contributed by atoms with Crippen LogP contribution >= 0.6 is 34.5 Å². The van der Waals surface area contributed by atoms with E-state index in [0.717, 1.165) is 41.0 Å². The van der Waals surface area contributed by atoms with Gasteiger partial charge in [-0.05, 0) is 96.8 Å². The molecule has 84 heavy (non-hydrogen) atoms. The van der Waals surface area contributed by atoms with E-state index in [9.17, 15) is 33.9 Å². The predicted octanol–water partition coefficient (Wildman–Crippen LogP) is 8.39. The number of carbonyl (C=O) groups excluding carboxylic acids is 6. The summed E-state index contributed by atoms with van der Waals surface area (Å²) in [4.78, 5) is 90.0. The van der Waals surface area contributed by atoms with Crippen LogP contribution in [0.15, 0.2) is 90.4 Å². The lowest BCUT2D eigenvalue weighted by Crippen LogP contribution is -2.60. The first-order chi connectivity index (χ1) is 40.2. The predicted molar refractivity (Wildman–Crippen MR) is 319 cm³/mol. The zero-order valence-electron chi connectivity index (χ0n) is 47.8. The quantitative estimate of drug-likeness (QED) is 0.0324. The number of rotatable bonds is 22. The highest BCUT2D eigenvalue weighted by molar-refractivity contribution is 7.13. The molecule has 0 bridgehead atoms. The molecule has 5 aromatic rings. The van der Waals surface area contributed by atoms with Gasteiger partial charge in [0.15, 0.2) is 0 Å². The molecule has 1 saturated carbocycles. The Morgan fingerprint density at radius 3 is 2.25 bits per heavy atom. The Morgan fingerprint density at radius 2 is 1.57 bits per heavy atom. The van der Waals surface area contributed by atoms with Crippen LogP contribution in [0.5, 0.6) is 0 Å². The third-order valence-electron chi connectivity index (χ3n) is 16.5. The fourth-order valence-corrected chi connectivity index (χ4v) is 13.6. The van der Waals surface area contributed by atoms with Gasteiger partial charge in [0.05, 0.1) is 78.9 Å². The molecular weight excluding hydrogens is 1140 g/mol. The number of hydrogen-bond acceptors (Lipinski definition) is 13. The number of anilines is 2. The molecule has 2 saturated heterocycles. The van der Waals surface area contributed by atoms with Crippen molar-refractivity contribution in [3.05, 3.63) is 134 Å². The molecule has 9 rings (SSSR count). The molecule has 4 aromatic carbocycles. The van der Waals surface area contributed by atoms with Crippen molar-refractivity contribution in [2.45, 2.75) is 127 Å². The number of amides is 6. The first kappa shape index (κ1) is 62.2. The van der Waals surface area contributed by atoms with Gasteiger partial charge in [0.2, 0.25) is 29.5 Å². The van der Waals surface area contributed by atoms with E-state index in [1.165, 1.54) is 11.0 Å². The van der Waals surface area contributed by atoms with Crippen LogP contribution in [0.25, 0.3) is 10.4 Å². The molecule has 0 unspecified atom stereocenters. The molecule has 6 amide bonds. The van der Waals surface area contributed by atoms with Gasteiger partial charge in [-0.25, -0.2) is 9.37 Å². The lowest BCUT2D eigenvalue weighted by atomic mass is 9.55. The van der Waals surface area contributed by atoms with E-state index >= 15 is 4.39 Å². The summed E-state index contributed by atoms with van der Waals surface area (Å²) in [6.45, 7) is 10.7. The van der Waals surface area contributed by atoms with Crippen molar-refractivity contribution < 1.29 is 52.5 Å². The number of β-amino-alcohol motifs (C(OH)–C–C–N with tert-alkyl or cyclic N) is 1. The van der Waals surface area contributed by atoms with Gasteiger partial charge in [-0.3, -0.25) is 34.1 Å². The first-order valence-electron chi connectivity index (χ1n) is 28.6. The SMILES string of the molecule is Cc1ncsc1-c1ccc([C@H](C)NC(=O)[C@@H]2C[C@@H](O)CN2C(=O)[C@@H](NC(=O)CCOCCOCCOCCNC(=O)c2ccc(NC(=O)[C@@H]3NC4(CCCCC4)[C@@]4(C(=O)Nc5cc(Cl)ccc54)[C@H]3c3cccc(Cl)c3F)cc2)C(C)(C)C)cc1. The number of ether oxygens (including phenoxy) is 3. The van der Waals surface area contributed by atoms with E-state index in [1.807, 2.05) is 58.9 Å². The summed E-state index contributed by atoms with van der Waals surface area (Å²) in [6, 6.07) is 20.8. The number of aryl methyl sites for hydroxylation is 1. The van der Waals surface area contributed by atoms with Crippen molar-refractivity contribution in [1.82, 2.24) is 31.2 Å². The van der Waals surface area contributed by atoms with E-state index in [-0.39, 0.29) is 99.9 Å². The maximum Gasteiger partial charge on any atom is 0.251 e. The van der Waals surface area contributed by atoms with Crippen LogP contribution in [0, 0.1) is 18.2 Å². The molecule has 7 atom stereocenters. The van der Waals surface area contributed by atoms with Crippen LogP contribution in [-0.2, 0) is 43.6 Å². The lowest BCUT2D eigenvalue weighted by molar-refractivity contribution is -0.144. The van der Waals surface area contributed by atoms with Crippen LogP contribution in [0.1, 0.15) is 117 Å². The number of aliphatic hydroxyl groups is 1. The number of fused-ring (bicyclic) bond motifs is 3. The van der Waals surface area contributed by atoms with Gasteiger partial charge >= 0.3 is 0 Å². The van der Waals surface area contributed by atoms with Crippen LogP contribution in [0.3, 0.4) is 0 Å². The number of carbonyl (C=O) groups is 6. The summed E-state index contributed by atoms with van der Waals surface area (Å²) < 4.78 is 33.2. The van der Waals surface area contributed by atoms with Crippen molar-refractivity contribution >= 4 is 81.4 Å². The Balaban J connectivity index is 0.674. The standard InChI is InChI=1S/C62H73Cl2FN8O10S/c1-36(38-12-14-39(15-13-38)53-37(2)67-35-84-53)68-56(77)48-33-43(74)34-73(48)58(79)54(60(3,4)5)71-49(75)22-26-81-28-30-83-31-29-82-27-25-66-55(76)40-16-19-42(20-17-40)69-57(78)52-50(44-10-9-11-46(64)51(44)65)62(61(72-52)23-7-6-8-24-61)45-21-18-41(63)32-47(45)70-59(62)80/h9-21,32,35-36,43,48,50,52,54,72,74H,6-8,22-31,33-34H2,1-5H3,(H,66,76)(H,68,77)(H,69,78)(H,70,80)(H,71,75)/t36-,43+,48-,50-,52+,54+,62+/m0/s1. The molecule has 18 nitrogen and oxygen atoms in total. The van der Waals surface area contributed by atoms with Crippen LogP contribution in [0.2, 0.25) is 10.0 Å². The summed E-state index contributed by atoms with van der Waals surface area (Å²) in [5, 5.41) is 29.3. The molecule has 4 heterocycles. The van der Waals surface area contributed by atoms with Crippen LogP contribution in [-0.4, -0.2) is 133 Å². The van der Waals surface area contributed by atoms with E-state index in [0.29, 0.717) is 40.4 Å². The van der Waals surface area contributed by atoms with E-state index in [1.54, 1.807) is 71.4 Å². The Bertz CT molecular complexity index is 3210. The molecule has 4 aliphatic rings. The zero-order valence-corrected chi connectivity index (χ0v) is 50.1. The lowest BCUT2D eigenvalue weighted by Gasteiger charge is -2.47. The molecule has 3 fully saturated rings. The van der Waals surface area contributed by atoms with Gasteiger partial charge in [0.25, 0.3) is 5.91 Å². The number of aliphatic hydroxyl groups excluding tert-OH is 1. The summed E-state index contributed by atoms with van der Waals surface area (Å²) in [5.74, 6) is -4.11. The Morgan fingerprint density at radius 1 is 0.881 bits per heavy atom. The van der Waals surface area contributed by atoms with Crippen molar-refractivity contribution in [3.8, 4) is 10.4 Å². The molecular formula is C62H73Cl2FN8O10S. The second-order valence-corrected chi connectivity index (χ2v) is 24.8. The number of hydrogen-bond donors (Lipinski definition) is 7. The van der Waals surface area contributed by atoms with Crippen molar-refractivity contribution in [2.24, 2.45) is 5.41 Å². The van der Waals surface area contributed by atoms with E-state index < -0.39 is 70.1 Å². The normalized spacial score (nSPS) is 21.4. The molecule has 3 aliphatic heterocycles. The molecule has 22 heteroatoms. The molecule has 1 aliphatic carbocycles. The molecule has 1 aromatic heterocycles. The zero-order chi connectivity index (χ0) is 59.9. The number of thiazole rings is 1. The van der Waals surface area contributed by atoms with Gasteiger partial charge in [0.1, 0.15) is 23.3 Å². The van der Waals surface area contributed by atoms with Gasteiger partial charge in [-0.2, -0.15) is 0 Å². The molecule has 0 radical (unpaired) electrons. The smallest absolute Gasteiger partial charge is 0.251 e. The first-order valence-corrected chi connectivity index (χ1v) is 30.2. The Hall–Kier alpha value is -6.36. The summed E-state index contributed by atoms with van der Waals surface area (Å²) in [5.41, 5.74) is 3.75. The van der Waals surface area contributed by atoms with Crippen molar-refractivity contribution in [2.75, 3.05) is 63.4 Å². The second kappa shape index (κ2) is 26.9. The molecule has 2 spiro atoms. The number of nitrogens with zero attached hydrogens (tertiary/aromatic N) is 2. The average Bonchev–Trinajstić information content (AvgIpc) is 1.51. The third-order valence-corrected chi connectivity index (χ3v) is 18.0. The summed E-state index contributed by atoms with van der Waals surface area (Å²) in [7, 11) is 0. The number of nitrogens with one attached hydrogen (secondary N) is 6. The molecule has 448 valence electrons. The minimum Gasteiger partial charge on any atom is -0.391 e. The van der Waals surface area contributed by atoms with E-state index in [4.69, 9.17) is 37.4 Å². The highest BCUT2D eigenvalue weighted by Gasteiger charge is 2.72. The monoisotopic (exact) mass is 1210 g/mol. The van der Waals surface area contributed by atoms with Gasteiger partial charge in [0, 0.05) is 59.3 Å². The maximum absolute atomic E-state index is 16.3. The minimum atomic E-state index is -1.38. The number of aromatic nitrogens is 1. The highest BCUT2D eigenvalue weighted by atomic mass is 35.5. The fourth-order valence-electron chi connectivity index (χ4n) is 12.4. The molecule has 7 N–H and O–H groups in total. The van der Waals surface area contributed by atoms with E-state index in [2.05, 4.69) is 36.9 Å². The maximum atomic E-state index is 16.3. The third kappa shape index (κ3) is 13.4. The summed E-state index contributed by atoms with van der Waals surface area (Å²) >= 11 is 14.4. The second-order valence-electron chi connectivity index (χ2n) is 23.1. The van der Waals surface area contributed by atoms with Crippen molar-refractivity contribution in [1.29, 1.82) is 0 Å². The minimum absolute atomic E-state index is 0.0233. The number of halogens is 3. The average molecular weight is 1210 g/mol. The largest absolute Gasteiger partial charge is 0.391 e. The number of benzene rings is 4. The highest BCUT2D eigenvalue weighted by Crippen LogP contribution is 2.63. The van der Waals surface area contributed by atoms with Crippen molar-refractivity contribution in [3.63, 3.8) is 0 Å². The summed E-state index contributed by atoms with van der Waals surface area (Å²) in [6.07, 6.45) is 2.87. The van der Waals surface area contributed by atoms with Gasteiger partial charge < -0.3 is 50.8 Å². The Kier molecular flexibility index (Phi) is 19.9.